The molecule has 6 rings (SSSR count). The van der Waals surface area contributed by atoms with E-state index in [0.29, 0.717) is 0 Å². The Balaban J connectivity index is 1.83. The molecule has 0 fully saturated rings. The number of hydrogen-bond donors (Lipinski definition) is 0. The molecule has 0 radical (unpaired) electrons. The summed E-state index contributed by atoms with van der Waals surface area (Å²) in [6.45, 7) is 0. The monoisotopic (exact) mass is 481 g/mol. The Labute approximate surface area is 213 Å². The van der Waals surface area contributed by atoms with Crippen LogP contribution in [0.1, 0.15) is 0 Å². The van der Waals surface area contributed by atoms with E-state index in [-0.39, 0.29) is 0 Å². The van der Waals surface area contributed by atoms with E-state index in [0.717, 1.165) is 0 Å². The Bertz CT molecular complexity index is 1480. The standard InChI is InChI=1S/C34H28NP/c1-5-18-29(19-6-1)35(30-20-7-2-8-21-30)36(31-22-9-3-10-23-31,32-24-11-4-12-25-32)34-27-15-17-28-16-13-14-26-33(28)34/h1-27,36H. The number of para-hydroxylation sites is 2. The van der Waals surface area contributed by atoms with Gasteiger partial charge in [-0.25, -0.2) is 0 Å². The molecule has 0 aromatic heterocycles. The van der Waals surface area contributed by atoms with Gasteiger partial charge in [-0.05, 0) is 0 Å². The first-order valence-corrected chi connectivity index (χ1v) is 14.3. The van der Waals surface area contributed by atoms with Crippen molar-refractivity contribution in [2.45, 2.75) is 0 Å². The number of hydrogen-bond acceptors (Lipinski definition) is 1. The second-order valence-electron chi connectivity index (χ2n) is 8.98. The number of fused-ring (bicyclic) bond motifs is 1. The van der Waals surface area contributed by atoms with Crippen molar-refractivity contribution in [1.29, 1.82) is 0 Å². The van der Waals surface area contributed by atoms with Gasteiger partial charge < -0.3 is 0 Å². The molecule has 174 valence electrons. The van der Waals surface area contributed by atoms with Crippen LogP contribution in [0.3, 0.4) is 0 Å². The topological polar surface area (TPSA) is 3.24 Å². The van der Waals surface area contributed by atoms with Crippen LogP contribution >= 0.6 is 7.41 Å². The van der Waals surface area contributed by atoms with E-state index in [4.69, 9.17) is 0 Å². The van der Waals surface area contributed by atoms with E-state index in [1.165, 1.54) is 38.1 Å². The maximum atomic E-state index is 2.64. The zero-order valence-electron chi connectivity index (χ0n) is 20.0. The van der Waals surface area contributed by atoms with Crippen LogP contribution in [0.2, 0.25) is 0 Å². The summed E-state index contributed by atoms with van der Waals surface area (Å²) < 4.78 is 2.64. The molecular formula is C34H28NP. The fourth-order valence-electron chi connectivity index (χ4n) is 5.45. The first-order chi connectivity index (χ1) is 17.9. The van der Waals surface area contributed by atoms with Gasteiger partial charge in [0.05, 0.1) is 0 Å². The first-order valence-electron chi connectivity index (χ1n) is 12.4. The van der Waals surface area contributed by atoms with Gasteiger partial charge in [-0.1, -0.05) is 0 Å². The van der Waals surface area contributed by atoms with Crippen molar-refractivity contribution in [3.05, 3.63) is 164 Å². The van der Waals surface area contributed by atoms with Gasteiger partial charge in [-0.15, -0.1) is 0 Å². The van der Waals surface area contributed by atoms with Crippen LogP contribution < -0.4 is 20.6 Å². The Morgan fingerprint density at radius 2 is 0.778 bits per heavy atom. The molecular weight excluding hydrogens is 453 g/mol. The molecule has 0 atom stereocenters. The summed E-state index contributed by atoms with van der Waals surface area (Å²) >= 11 is 0. The number of anilines is 2. The average molecular weight is 482 g/mol. The summed E-state index contributed by atoms with van der Waals surface area (Å²) in [5, 5.41) is 6.64. The quantitative estimate of drug-likeness (QED) is 0.221. The summed E-state index contributed by atoms with van der Waals surface area (Å²) in [4.78, 5) is 0. The van der Waals surface area contributed by atoms with Gasteiger partial charge in [0.25, 0.3) is 0 Å². The molecule has 0 aliphatic carbocycles. The van der Waals surface area contributed by atoms with Gasteiger partial charge in [-0.2, -0.15) is 0 Å². The van der Waals surface area contributed by atoms with Crippen molar-refractivity contribution in [1.82, 2.24) is 0 Å². The van der Waals surface area contributed by atoms with Gasteiger partial charge in [0.15, 0.2) is 0 Å². The van der Waals surface area contributed by atoms with E-state index in [1.54, 1.807) is 0 Å². The van der Waals surface area contributed by atoms with Crippen molar-refractivity contribution in [2.75, 3.05) is 4.67 Å². The molecule has 0 aliphatic heterocycles. The maximum absolute atomic E-state index is 2.87. The van der Waals surface area contributed by atoms with E-state index < -0.39 is 7.41 Å². The minimum absolute atomic E-state index is 1.19. The van der Waals surface area contributed by atoms with Gasteiger partial charge in [0, 0.05) is 0 Å². The first kappa shape index (κ1) is 22.3. The summed E-state index contributed by atoms with van der Waals surface area (Å²) in [5.74, 6) is 0. The van der Waals surface area contributed by atoms with Gasteiger partial charge >= 0.3 is 214 Å². The number of rotatable bonds is 6. The molecule has 6 aromatic carbocycles. The fraction of sp³-hybridized carbons (Fsp3) is 0. The van der Waals surface area contributed by atoms with Gasteiger partial charge in [0.1, 0.15) is 0 Å². The molecule has 36 heavy (non-hydrogen) atoms. The fourth-order valence-corrected chi connectivity index (χ4v) is 10.5. The van der Waals surface area contributed by atoms with Crippen LogP contribution in [0.5, 0.6) is 0 Å². The average Bonchev–Trinajstić information content (AvgIpc) is 2.97. The molecule has 0 unspecified atom stereocenters. The zero-order chi connectivity index (χ0) is 24.2. The van der Waals surface area contributed by atoms with Crippen molar-refractivity contribution in [2.24, 2.45) is 0 Å². The Kier molecular flexibility index (Phi) is 6.08. The summed E-state index contributed by atoms with van der Waals surface area (Å²) in [6.07, 6.45) is 0. The van der Waals surface area contributed by atoms with E-state index in [1.807, 2.05) is 0 Å². The number of benzene rings is 6. The van der Waals surface area contributed by atoms with Crippen molar-refractivity contribution in [3.63, 3.8) is 0 Å². The Hall–Kier alpha value is -4.19. The molecule has 0 heterocycles. The van der Waals surface area contributed by atoms with Crippen LogP contribution in [-0.4, -0.2) is 0 Å². The SMILES string of the molecule is c1ccc(N(c2ccccc2)[PH](c2ccccc2)(c2ccccc2)c2cccc3ccccc23)cc1. The van der Waals surface area contributed by atoms with Gasteiger partial charge in [0.2, 0.25) is 0 Å². The molecule has 2 heteroatoms. The van der Waals surface area contributed by atoms with Crippen LogP contribution in [0.25, 0.3) is 10.8 Å². The predicted octanol–water partition coefficient (Wildman–Crippen LogP) is 7.62. The van der Waals surface area contributed by atoms with Crippen LogP contribution in [0, 0.1) is 0 Å². The van der Waals surface area contributed by atoms with Crippen LogP contribution in [0.15, 0.2) is 164 Å². The number of nitrogens with zero attached hydrogens (tertiary/aromatic N) is 1. The third-order valence-corrected chi connectivity index (χ3v) is 11.7. The molecule has 1 nitrogen and oxygen atoms in total. The van der Waals surface area contributed by atoms with E-state index >= 15 is 0 Å². The Morgan fingerprint density at radius 3 is 1.31 bits per heavy atom. The van der Waals surface area contributed by atoms with Gasteiger partial charge in [-0.3, -0.25) is 0 Å². The molecule has 0 bridgehead atoms. The molecule has 0 saturated heterocycles. The second kappa shape index (κ2) is 9.82. The van der Waals surface area contributed by atoms with E-state index in [2.05, 4.69) is 168 Å². The predicted molar refractivity (Wildman–Crippen MR) is 159 cm³/mol. The molecule has 0 aliphatic rings. The molecule has 0 N–H and O–H groups in total. The van der Waals surface area contributed by atoms with Crippen molar-refractivity contribution < 1.29 is 0 Å². The van der Waals surface area contributed by atoms with Crippen LogP contribution in [0.4, 0.5) is 11.4 Å². The van der Waals surface area contributed by atoms with E-state index in [9.17, 15) is 0 Å². The van der Waals surface area contributed by atoms with Crippen LogP contribution in [-0.2, 0) is 0 Å². The summed E-state index contributed by atoms with van der Waals surface area (Å²) in [5.41, 5.74) is 2.38. The molecule has 0 amide bonds. The summed E-state index contributed by atoms with van der Waals surface area (Å²) in [7, 11) is -2.87. The minimum atomic E-state index is -2.87. The van der Waals surface area contributed by atoms with Crippen molar-refractivity contribution in [3.8, 4) is 0 Å². The third kappa shape index (κ3) is 3.79. The van der Waals surface area contributed by atoms with Crippen molar-refractivity contribution >= 4 is 45.5 Å². The normalized spacial score (nSPS) is 11.8. The third-order valence-electron chi connectivity index (χ3n) is 6.93. The zero-order valence-corrected chi connectivity index (χ0v) is 21.0. The molecule has 0 saturated carbocycles. The summed E-state index contributed by atoms with van der Waals surface area (Å²) in [6, 6.07) is 59.6. The Morgan fingerprint density at radius 1 is 0.361 bits per heavy atom. The molecule has 6 aromatic rings. The second-order valence-corrected chi connectivity index (χ2v) is 12.5. The molecule has 0 spiro atoms.